The summed E-state index contributed by atoms with van der Waals surface area (Å²) in [6, 6.07) is 5.02. The highest BCUT2D eigenvalue weighted by Crippen LogP contribution is 2.22. The largest absolute Gasteiger partial charge is 0.464 e. The van der Waals surface area contributed by atoms with Gasteiger partial charge in [0.1, 0.15) is 0 Å². The lowest BCUT2D eigenvalue weighted by Gasteiger charge is -2.11. The number of carbonyl (C=O) groups is 1. The Kier molecular flexibility index (Phi) is 4.72. The third-order valence-electron chi connectivity index (χ3n) is 2.21. The van der Waals surface area contributed by atoms with Crippen molar-refractivity contribution in [3.63, 3.8) is 0 Å². The van der Waals surface area contributed by atoms with Gasteiger partial charge in [-0.05, 0) is 18.1 Å². The maximum absolute atomic E-state index is 12.1. The number of aliphatic hydroxyl groups is 1. The SMILES string of the molecule is CCOC(=O)C(O)c1ccc(CC(F)(F)F)cc1. The topological polar surface area (TPSA) is 46.5 Å². The molecule has 0 saturated heterocycles. The molecule has 0 aliphatic heterocycles. The lowest BCUT2D eigenvalue weighted by molar-refractivity contribution is -0.153. The molecule has 6 heteroatoms. The van der Waals surface area contributed by atoms with Gasteiger partial charge in [-0.1, -0.05) is 24.3 Å². The zero-order chi connectivity index (χ0) is 13.8. The van der Waals surface area contributed by atoms with Crippen molar-refractivity contribution in [2.24, 2.45) is 0 Å². The fourth-order valence-corrected chi connectivity index (χ4v) is 1.41. The number of benzene rings is 1. The summed E-state index contributed by atoms with van der Waals surface area (Å²) in [5.41, 5.74) is 0.279. The molecule has 0 radical (unpaired) electrons. The minimum Gasteiger partial charge on any atom is -0.464 e. The van der Waals surface area contributed by atoms with Crippen molar-refractivity contribution in [1.29, 1.82) is 0 Å². The van der Waals surface area contributed by atoms with Crippen LogP contribution >= 0.6 is 0 Å². The highest BCUT2D eigenvalue weighted by atomic mass is 19.4. The van der Waals surface area contributed by atoms with Crippen LogP contribution in [-0.4, -0.2) is 23.9 Å². The highest BCUT2D eigenvalue weighted by Gasteiger charge is 2.27. The van der Waals surface area contributed by atoms with Gasteiger partial charge in [0.15, 0.2) is 6.10 Å². The van der Waals surface area contributed by atoms with Crippen LogP contribution in [0.25, 0.3) is 0 Å². The first-order valence-electron chi connectivity index (χ1n) is 5.34. The molecule has 0 aliphatic rings. The molecule has 0 amide bonds. The molecule has 0 spiro atoms. The van der Waals surface area contributed by atoms with E-state index < -0.39 is 24.7 Å². The predicted molar refractivity (Wildman–Crippen MR) is 57.8 cm³/mol. The summed E-state index contributed by atoms with van der Waals surface area (Å²) in [5.74, 6) is -0.818. The fraction of sp³-hybridized carbons (Fsp3) is 0.417. The molecule has 1 N–H and O–H groups in total. The van der Waals surface area contributed by atoms with Crippen LogP contribution in [0.15, 0.2) is 24.3 Å². The monoisotopic (exact) mass is 262 g/mol. The van der Waals surface area contributed by atoms with Crippen molar-refractivity contribution in [3.8, 4) is 0 Å². The average Bonchev–Trinajstić information content (AvgIpc) is 2.27. The van der Waals surface area contributed by atoms with Crippen molar-refractivity contribution in [1.82, 2.24) is 0 Å². The number of hydrogen-bond acceptors (Lipinski definition) is 3. The van der Waals surface area contributed by atoms with Gasteiger partial charge in [0.2, 0.25) is 0 Å². The lowest BCUT2D eigenvalue weighted by atomic mass is 10.1. The Balaban J connectivity index is 2.73. The second-order valence-corrected chi connectivity index (χ2v) is 3.69. The molecule has 0 heterocycles. The van der Waals surface area contributed by atoms with Crippen LogP contribution in [0.3, 0.4) is 0 Å². The van der Waals surface area contributed by atoms with Gasteiger partial charge in [-0.2, -0.15) is 13.2 Å². The Morgan fingerprint density at radius 3 is 2.33 bits per heavy atom. The average molecular weight is 262 g/mol. The van der Waals surface area contributed by atoms with E-state index in [0.29, 0.717) is 0 Å². The van der Waals surface area contributed by atoms with Crippen molar-refractivity contribution in [2.45, 2.75) is 25.6 Å². The third-order valence-corrected chi connectivity index (χ3v) is 2.21. The van der Waals surface area contributed by atoms with Crippen molar-refractivity contribution < 1.29 is 27.8 Å². The second kappa shape index (κ2) is 5.86. The van der Waals surface area contributed by atoms with Crippen LogP contribution in [0, 0.1) is 0 Å². The van der Waals surface area contributed by atoms with Gasteiger partial charge in [-0.15, -0.1) is 0 Å². The van der Waals surface area contributed by atoms with Crippen molar-refractivity contribution >= 4 is 5.97 Å². The standard InChI is InChI=1S/C12H13F3O3/c1-2-18-11(17)10(16)9-5-3-8(4-6-9)7-12(13,14)15/h3-6,10,16H,2,7H2,1H3. The molecule has 0 aliphatic carbocycles. The molecule has 0 saturated carbocycles. The van der Waals surface area contributed by atoms with Crippen LogP contribution in [0.4, 0.5) is 13.2 Å². The first-order chi connectivity index (χ1) is 8.33. The lowest BCUT2D eigenvalue weighted by Crippen LogP contribution is -2.15. The summed E-state index contributed by atoms with van der Waals surface area (Å²) < 4.78 is 40.9. The number of alkyl halides is 3. The maximum atomic E-state index is 12.1. The summed E-state index contributed by atoms with van der Waals surface area (Å²) in [4.78, 5) is 11.2. The minimum absolute atomic E-state index is 0.0716. The number of halogens is 3. The van der Waals surface area contributed by atoms with Gasteiger partial charge in [0.05, 0.1) is 13.0 Å². The zero-order valence-electron chi connectivity index (χ0n) is 9.70. The maximum Gasteiger partial charge on any atom is 0.393 e. The van der Waals surface area contributed by atoms with Crippen LogP contribution in [0.2, 0.25) is 0 Å². The van der Waals surface area contributed by atoms with Gasteiger partial charge in [-0.3, -0.25) is 0 Å². The number of hydrogen-bond donors (Lipinski definition) is 1. The van der Waals surface area contributed by atoms with Gasteiger partial charge < -0.3 is 9.84 Å². The molecule has 0 bridgehead atoms. The molecule has 1 rings (SSSR count). The molecule has 1 atom stereocenters. The van der Waals surface area contributed by atoms with E-state index in [-0.39, 0.29) is 17.7 Å². The number of esters is 1. The molecule has 0 aromatic heterocycles. The van der Waals surface area contributed by atoms with Gasteiger partial charge in [-0.25, -0.2) is 4.79 Å². The first-order valence-corrected chi connectivity index (χ1v) is 5.34. The van der Waals surface area contributed by atoms with Gasteiger partial charge in [0, 0.05) is 0 Å². The van der Waals surface area contributed by atoms with Gasteiger partial charge >= 0.3 is 12.1 Å². The Morgan fingerprint density at radius 2 is 1.89 bits per heavy atom. The Hall–Kier alpha value is -1.56. The van der Waals surface area contributed by atoms with E-state index in [4.69, 9.17) is 0 Å². The molecule has 3 nitrogen and oxygen atoms in total. The Morgan fingerprint density at radius 1 is 1.33 bits per heavy atom. The number of aliphatic hydroxyl groups excluding tert-OH is 1. The number of rotatable bonds is 4. The summed E-state index contributed by atoms with van der Waals surface area (Å²) in [7, 11) is 0. The van der Waals surface area contributed by atoms with Crippen LogP contribution in [0.1, 0.15) is 24.2 Å². The highest BCUT2D eigenvalue weighted by molar-refractivity contribution is 5.76. The van der Waals surface area contributed by atoms with Crippen molar-refractivity contribution in [2.75, 3.05) is 6.61 Å². The molecule has 100 valence electrons. The van der Waals surface area contributed by atoms with E-state index in [1.165, 1.54) is 24.3 Å². The quantitative estimate of drug-likeness (QED) is 0.847. The summed E-state index contributed by atoms with van der Waals surface area (Å²) >= 11 is 0. The molecule has 1 aromatic rings. The Bertz CT molecular complexity index is 398. The molecule has 1 aromatic carbocycles. The van der Waals surface area contributed by atoms with Crippen LogP contribution in [-0.2, 0) is 16.0 Å². The zero-order valence-corrected chi connectivity index (χ0v) is 9.70. The van der Waals surface area contributed by atoms with Crippen molar-refractivity contribution in [3.05, 3.63) is 35.4 Å². The summed E-state index contributed by atoms with van der Waals surface area (Å²) in [5, 5.41) is 9.55. The first kappa shape index (κ1) is 14.5. The van der Waals surface area contributed by atoms with Gasteiger partial charge in [0.25, 0.3) is 0 Å². The number of ether oxygens (including phenoxy) is 1. The fourth-order valence-electron chi connectivity index (χ4n) is 1.41. The normalized spacial score (nSPS) is 13.2. The minimum atomic E-state index is -4.28. The van der Waals surface area contributed by atoms with E-state index in [9.17, 15) is 23.1 Å². The van der Waals surface area contributed by atoms with E-state index in [1.807, 2.05) is 0 Å². The Labute approximate surface area is 102 Å². The van der Waals surface area contributed by atoms with Crippen LogP contribution < -0.4 is 0 Å². The predicted octanol–water partition coefficient (Wildman–Crippen LogP) is 2.39. The molecular weight excluding hydrogens is 249 g/mol. The summed E-state index contributed by atoms with van der Waals surface area (Å²) in [6.07, 6.45) is -6.78. The molecular formula is C12H13F3O3. The molecule has 0 fully saturated rings. The van der Waals surface area contributed by atoms with E-state index in [2.05, 4.69) is 4.74 Å². The second-order valence-electron chi connectivity index (χ2n) is 3.69. The van der Waals surface area contributed by atoms with Crippen LogP contribution in [0.5, 0.6) is 0 Å². The molecule has 18 heavy (non-hydrogen) atoms. The van der Waals surface area contributed by atoms with E-state index in [0.717, 1.165) is 0 Å². The van der Waals surface area contributed by atoms with E-state index in [1.54, 1.807) is 6.92 Å². The molecule has 1 unspecified atom stereocenters. The third kappa shape index (κ3) is 4.37. The summed E-state index contributed by atoms with van der Waals surface area (Å²) in [6.45, 7) is 1.72. The smallest absolute Gasteiger partial charge is 0.393 e. The number of carbonyl (C=O) groups excluding carboxylic acids is 1. The van der Waals surface area contributed by atoms with E-state index >= 15 is 0 Å².